The fourth-order valence-corrected chi connectivity index (χ4v) is 1.65. The van der Waals surface area contributed by atoms with Crippen LogP contribution >= 0.6 is 0 Å². The molecule has 4 nitrogen and oxygen atoms in total. The van der Waals surface area contributed by atoms with Gasteiger partial charge in [0.05, 0.1) is 0 Å². The molecule has 0 saturated carbocycles. The minimum absolute atomic E-state index is 0.277. The van der Waals surface area contributed by atoms with Gasteiger partial charge in [0.25, 0.3) is 0 Å². The number of carbonyl (C=O) groups is 1. The maximum absolute atomic E-state index is 12.7. The van der Waals surface area contributed by atoms with Crippen LogP contribution in [0.2, 0.25) is 0 Å². The number of nitrogens with zero attached hydrogens (tertiary/aromatic N) is 3. The molecule has 0 aliphatic carbocycles. The Labute approximate surface area is 92.4 Å². The van der Waals surface area contributed by atoms with E-state index in [1.807, 2.05) is 0 Å². The molecule has 0 aromatic rings. The smallest absolute Gasteiger partial charge is 0.338 e. The Morgan fingerprint density at radius 1 is 1.31 bits per heavy atom. The number of carbonyl (C=O) groups excluding carboxylic acids is 1. The number of hydrogen-bond donors (Lipinski definition) is 0. The van der Waals surface area contributed by atoms with Crippen molar-refractivity contribution in [2.75, 3.05) is 40.3 Å². The quantitative estimate of drug-likeness (QED) is 0.675. The van der Waals surface area contributed by atoms with Crippen molar-refractivity contribution in [3.63, 3.8) is 0 Å². The summed E-state index contributed by atoms with van der Waals surface area (Å²) in [6, 6.07) is -2.05. The molecule has 1 amide bonds. The fourth-order valence-electron chi connectivity index (χ4n) is 1.65. The highest BCUT2D eigenvalue weighted by Crippen LogP contribution is 2.25. The summed E-state index contributed by atoms with van der Waals surface area (Å²) in [6.07, 6.45) is -4.53. The minimum atomic E-state index is -4.53. The molecule has 7 heteroatoms. The Kier molecular flexibility index (Phi) is 4.15. The molecule has 0 aromatic heterocycles. The molecule has 0 spiro atoms. The van der Waals surface area contributed by atoms with Gasteiger partial charge in [0.15, 0.2) is 6.04 Å². The molecular formula is C9H15F3N3O. The summed E-state index contributed by atoms with van der Waals surface area (Å²) in [5.41, 5.74) is 0. The molecule has 1 unspecified atom stereocenters. The zero-order chi connectivity index (χ0) is 12.3. The van der Waals surface area contributed by atoms with Gasteiger partial charge < -0.3 is 4.90 Å². The van der Waals surface area contributed by atoms with Crippen LogP contribution in [-0.4, -0.2) is 68.2 Å². The first kappa shape index (κ1) is 13.2. The van der Waals surface area contributed by atoms with Gasteiger partial charge in [0.2, 0.25) is 5.91 Å². The highest BCUT2D eigenvalue weighted by Gasteiger charge is 2.48. The van der Waals surface area contributed by atoms with E-state index < -0.39 is 18.1 Å². The van der Waals surface area contributed by atoms with E-state index in [4.69, 9.17) is 0 Å². The maximum Gasteiger partial charge on any atom is 0.412 e. The van der Waals surface area contributed by atoms with Crippen LogP contribution in [0.1, 0.15) is 0 Å². The van der Waals surface area contributed by atoms with Gasteiger partial charge in [-0.05, 0) is 14.1 Å². The lowest BCUT2D eigenvalue weighted by Crippen LogP contribution is -2.56. The van der Waals surface area contributed by atoms with Crippen LogP contribution in [0, 0.1) is 0 Å². The Balaban J connectivity index is 2.74. The van der Waals surface area contributed by atoms with E-state index >= 15 is 0 Å². The second-order valence-electron chi connectivity index (χ2n) is 3.90. The number of alkyl halides is 3. The summed E-state index contributed by atoms with van der Waals surface area (Å²) in [5.74, 6) is -0.882. The number of amides is 1. The summed E-state index contributed by atoms with van der Waals surface area (Å²) in [6.45, 7) is 1.39. The zero-order valence-electron chi connectivity index (χ0n) is 9.29. The molecule has 1 aliphatic heterocycles. The van der Waals surface area contributed by atoms with Crippen molar-refractivity contribution in [2.24, 2.45) is 0 Å². The molecule has 1 fully saturated rings. The van der Waals surface area contributed by atoms with Crippen LogP contribution in [0.4, 0.5) is 13.2 Å². The molecular weight excluding hydrogens is 223 g/mol. The van der Waals surface area contributed by atoms with Gasteiger partial charge in [-0.15, -0.1) is 0 Å². The molecule has 16 heavy (non-hydrogen) atoms. The van der Waals surface area contributed by atoms with Crippen molar-refractivity contribution in [3.8, 4) is 0 Å². The van der Waals surface area contributed by atoms with Crippen LogP contribution in [0.5, 0.6) is 0 Å². The lowest BCUT2D eigenvalue weighted by molar-refractivity contribution is -0.190. The van der Waals surface area contributed by atoms with Gasteiger partial charge in [-0.2, -0.15) is 13.2 Å². The standard InChI is InChI=1S/C9H15F3N3O/c1-14(2)7(9(10,11)12)8(16)15-5-3-13-4-6-15/h7H,3-6H2,1-2H3. The number of hydrogen-bond acceptors (Lipinski definition) is 2. The Hall–Kier alpha value is -0.820. The Morgan fingerprint density at radius 2 is 1.81 bits per heavy atom. The van der Waals surface area contributed by atoms with Crippen LogP contribution in [-0.2, 0) is 4.79 Å². The Morgan fingerprint density at radius 3 is 2.19 bits per heavy atom. The van der Waals surface area contributed by atoms with Crippen LogP contribution in [0.3, 0.4) is 0 Å². The van der Waals surface area contributed by atoms with Gasteiger partial charge in [0, 0.05) is 26.2 Å². The topological polar surface area (TPSA) is 37.7 Å². The van der Waals surface area contributed by atoms with Gasteiger partial charge in [-0.25, -0.2) is 5.32 Å². The van der Waals surface area contributed by atoms with E-state index in [0.717, 1.165) is 4.90 Å². The predicted octanol–water partition coefficient (Wildman–Crippen LogP) is -0.0745. The zero-order valence-corrected chi connectivity index (χ0v) is 9.29. The largest absolute Gasteiger partial charge is 0.412 e. The maximum atomic E-state index is 12.7. The molecule has 0 aromatic carbocycles. The summed E-state index contributed by atoms with van der Waals surface area (Å²) < 4.78 is 38.0. The van der Waals surface area contributed by atoms with Crippen LogP contribution < -0.4 is 5.32 Å². The average Bonchev–Trinajstić information content (AvgIpc) is 2.16. The summed E-state index contributed by atoms with van der Waals surface area (Å²) in [4.78, 5) is 13.8. The predicted molar refractivity (Wildman–Crippen MR) is 52.0 cm³/mol. The van der Waals surface area contributed by atoms with E-state index in [9.17, 15) is 18.0 Å². The second-order valence-corrected chi connectivity index (χ2v) is 3.90. The number of halogens is 3. The molecule has 1 radical (unpaired) electrons. The number of rotatable bonds is 2. The van der Waals surface area contributed by atoms with E-state index in [0.29, 0.717) is 13.1 Å². The first-order valence-electron chi connectivity index (χ1n) is 4.99. The lowest BCUT2D eigenvalue weighted by Gasteiger charge is -2.33. The van der Waals surface area contributed by atoms with Gasteiger partial charge in [0.1, 0.15) is 0 Å². The third-order valence-electron chi connectivity index (χ3n) is 2.43. The molecule has 0 N–H and O–H groups in total. The monoisotopic (exact) mass is 238 g/mol. The molecule has 1 heterocycles. The van der Waals surface area contributed by atoms with Crippen LogP contribution in [0.15, 0.2) is 0 Å². The SMILES string of the molecule is CN(C)C(C(=O)N1CC[N]CC1)C(F)(F)F. The Bertz CT molecular complexity index is 249. The first-order chi connectivity index (χ1) is 7.34. The van der Waals surface area contributed by atoms with Crippen molar-refractivity contribution in [1.82, 2.24) is 15.1 Å². The third-order valence-corrected chi connectivity index (χ3v) is 2.43. The molecule has 1 atom stereocenters. The molecule has 1 aliphatic rings. The highest BCUT2D eigenvalue weighted by atomic mass is 19.4. The second kappa shape index (κ2) is 5.01. The molecule has 93 valence electrons. The van der Waals surface area contributed by atoms with E-state index in [2.05, 4.69) is 5.32 Å². The van der Waals surface area contributed by atoms with E-state index in [1.165, 1.54) is 19.0 Å². The van der Waals surface area contributed by atoms with E-state index in [1.54, 1.807) is 0 Å². The van der Waals surface area contributed by atoms with Crippen molar-refractivity contribution >= 4 is 5.91 Å². The van der Waals surface area contributed by atoms with Crippen molar-refractivity contribution in [1.29, 1.82) is 0 Å². The average molecular weight is 238 g/mol. The lowest BCUT2D eigenvalue weighted by atomic mass is 10.2. The van der Waals surface area contributed by atoms with Crippen molar-refractivity contribution in [3.05, 3.63) is 0 Å². The molecule has 1 rings (SSSR count). The highest BCUT2D eigenvalue weighted by molar-refractivity contribution is 5.82. The van der Waals surface area contributed by atoms with Gasteiger partial charge in [-0.3, -0.25) is 9.69 Å². The first-order valence-corrected chi connectivity index (χ1v) is 4.99. The van der Waals surface area contributed by atoms with Crippen molar-refractivity contribution in [2.45, 2.75) is 12.2 Å². The summed E-state index contributed by atoms with van der Waals surface area (Å²) >= 11 is 0. The summed E-state index contributed by atoms with van der Waals surface area (Å²) in [5, 5.41) is 3.99. The number of piperazine rings is 1. The number of likely N-dealkylation sites (N-methyl/N-ethyl adjacent to an activating group) is 1. The normalized spacial score (nSPS) is 20.0. The van der Waals surface area contributed by atoms with E-state index in [-0.39, 0.29) is 13.1 Å². The fraction of sp³-hybridized carbons (Fsp3) is 0.889. The molecule has 0 bridgehead atoms. The van der Waals surface area contributed by atoms with Gasteiger partial charge in [-0.1, -0.05) is 0 Å². The van der Waals surface area contributed by atoms with Crippen LogP contribution in [0.25, 0.3) is 0 Å². The van der Waals surface area contributed by atoms with Crippen molar-refractivity contribution < 1.29 is 18.0 Å². The minimum Gasteiger partial charge on any atom is -0.338 e. The third kappa shape index (κ3) is 3.08. The molecule has 1 saturated heterocycles. The van der Waals surface area contributed by atoms with Gasteiger partial charge >= 0.3 is 6.18 Å². The summed E-state index contributed by atoms with van der Waals surface area (Å²) in [7, 11) is 2.51.